The summed E-state index contributed by atoms with van der Waals surface area (Å²) in [6.45, 7) is 3.68. The number of urea groups is 1. The van der Waals surface area contributed by atoms with Gasteiger partial charge in [0.25, 0.3) is 0 Å². The van der Waals surface area contributed by atoms with Gasteiger partial charge in [-0.05, 0) is 31.2 Å². The minimum absolute atomic E-state index is 0.0547. The molecule has 1 aliphatic heterocycles. The number of aromatic nitrogens is 1. The molecule has 1 aromatic carbocycles. The summed E-state index contributed by atoms with van der Waals surface area (Å²) >= 11 is 1.34. The molecule has 0 unspecified atom stereocenters. The van der Waals surface area contributed by atoms with Crippen molar-refractivity contribution >= 4 is 28.5 Å². The fourth-order valence-corrected chi connectivity index (χ4v) is 3.09. The Morgan fingerprint density at radius 1 is 1.33 bits per heavy atom. The molecule has 2 amide bonds. The van der Waals surface area contributed by atoms with Gasteiger partial charge in [-0.2, -0.15) is 0 Å². The van der Waals surface area contributed by atoms with E-state index < -0.39 is 5.97 Å². The number of thiazole rings is 1. The zero-order valence-electron chi connectivity index (χ0n) is 13.2. The Morgan fingerprint density at radius 2 is 2.08 bits per heavy atom. The summed E-state index contributed by atoms with van der Waals surface area (Å²) in [5.74, 6) is 0.782. The monoisotopic (exact) mass is 347 g/mol. The van der Waals surface area contributed by atoms with Gasteiger partial charge < -0.3 is 14.8 Å². The quantitative estimate of drug-likeness (QED) is 0.640. The lowest BCUT2D eigenvalue weighted by molar-refractivity contribution is -0.133. The van der Waals surface area contributed by atoms with Crippen molar-refractivity contribution < 1.29 is 19.1 Å². The highest BCUT2D eigenvalue weighted by Crippen LogP contribution is 2.23. The number of nitrogens with zero attached hydrogens (tertiary/aromatic N) is 2. The van der Waals surface area contributed by atoms with E-state index >= 15 is 0 Å². The number of rotatable bonds is 6. The van der Waals surface area contributed by atoms with E-state index in [1.807, 2.05) is 6.92 Å². The van der Waals surface area contributed by atoms with E-state index in [-0.39, 0.29) is 12.5 Å². The number of nitrogens with one attached hydrogen (secondary N) is 1. The van der Waals surface area contributed by atoms with Gasteiger partial charge in [0.15, 0.2) is 5.13 Å². The summed E-state index contributed by atoms with van der Waals surface area (Å²) in [5, 5.41) is 5.07. The van der Waals surface area contributed by atoms with Crippen LogP contribution in [-0.2, 0) is 11.2 Å². The predicted octanol–water partition coefficient (Wildman–Crippen LogP) is 2.22. The van der Waals surface area contributed by atoms with E-state index in [9.17, 15) is 9.59 Å². The first-order valence-corrected chi connectivity index (χ1v) is 8.47. The van der Waals surface area contributed by atoms with E-state index in [1.54, 1.807) is 34.5 Å². The molecule has 0 aliphatic carbocycles. The third-order valence-electron chi connectivity index (χ3n) is 3.32. The Balaban J connectivity index is 1.57. The normalized spacial score (nSPS) is 13.7. The highest BCUT2D eigenvalue weighted by molar-refractivity contribution is 7.14. The third-order valence-corrected chi connectivity index (χ3v) is 4.23. The molecule has 2 aromatic rings. The molecule has 2 heterocycles. The lowest BCUT2D eigenvalue weighted by Gasteiger charge is -2.08. The molecule has 24 heavy (non-hydrogen) atoms. The first-order chi connectivity index (χ1) is 11.7. The summed E-state index contributed by atoms with van der Waals surface area (Å²) in [7, 11) is 0. The number of benzene rings is 1. The van der Waals surface area contributed by atoms with Crippen molar-refractivity contribution in [2.75, 3.05) is 24.6 Å². The lowest BCUT2D eigenvalue weighted by Crippen LogP contribution is -2.27. The standard InChI is InChI=1S/C16H17N3O4S/c1-2-22-12-3-5-13(6-4-12)23-14(20)9-11-10-24-16(18-11)19-8-7-17-15(19)21/h3-6,10H,2,7-9H2,1H3,(H,17,21). The van der Waals surface area contributed by atoms with Crippen LogP contribution in [0.5, 0.6) is 11.5 Å². The van der Waals surface area contributed by atoms with E-state index in [1.165, 1.54) is 11.3 Å². The van der Waals surface area contributed by atoms with E-state index in [0.29, 0.717) is 36.3 Å². The van der Waals surface area contributed by atoms with Gasteiger partial charge in [0.05, 0.1) is 18.7 Å². The highest BCUT2D eigenvalue weighted by Gasteiger charge is 2.24. The van der Waals surface area contributed by atoms with Crippen LogP contribution in [0.2, 0.25) is 0 Å². The summed E-state index contributed by atoms with van der Waals surface area (Å²) in [5.41, 5.74) is 0.589. The maximum atomic E-state index is 12.0. The molecule has 1 aromatic heterocycles. The molecular formula is C16H17N3O4S. The second kappa shape index (κ2) is 7.31. The number of ether oxygens (including phenoxy) is 2. The molecule has 1 aliphatic rings. The second-order valence-corrected chi connectivity index (χ2v) is 5.90. The molecule has 8 heteroatoms. The summed E-state index contributed by atoms with van der Waals surface area (Å²) in [4.78, 5) is 29.5. The minimum Gasteiger partial charge on any atom is -0.494 e. The molecule has 0 spiro atoms. The Labute approximate surface area is 143 Å². The van der Waals surface area contributed by atoms with Gasteiger partial charge in [-0.25, -0.2) is 9.78 Å². The molecule has 126 valence electrons. The zero-order chi connectivity index (χ0) is 16.9. The number of carbonyl (C=O) groups is 2. The number of carbonyl (C=O) groups excluding carboxylic acids is 2. The Bertz CT molecular complexity index is 729. The number of hydrogen-bond acceptors (Lipinski definition) is 6. The summed E-state index contributed by atoms with van der Waals surface area (Å²) in [6.07, 6.45) is 0.0547. The average molecular weight is 347 g/mol. The van der Waals surface area contributed by atoms with Crippen LogP contribution in [0.1, 0.15) is 12.6 Å². The third kappa shape index (κ3) is 3.83. The lowest BCUT2D eigenvalue weighted by atomic mass is 10.3. The van der Waals surface area contributed by atoms with Crippen molar-refractivity contribution in [3.8, 4) is 11.5 Å². The molecule has 3 rings (SSSR count). The van der Waals surface area contributed by atoms with Crippen molar-refractivity contribution in [3.05, 3.63) is 35.3 Å². The Kier molecular flexibility index (Phi) is 4.95. The van der Waals surface area contributed by atoms with E-state index in [2.05, 4.69) is 10.3 Å². The van der Waals surface area contributed by atoms with Crippen molar-refractivity contribution in [1.82, 2.24) is 10.3 Å². The fraction of sp³-hybridized carbons (Fsp3) is 0.312. The number of hydrogen-bond donors (Lipinski definition) is 1. The van der Waals surface area contributed by atoms with Crippen LogP contribution in [0.15, 0.2) is 29.6 Å². The Morgan fingerprint density at radius 3 is 2.75 bits per heavy atom. The van der Waals surface area contributed by atoms with Gasteiger partial charge in [-0.15, -0.1) is 11.3 Å². The van der Waals surface area contributed by atoms with Crippen LogP contribution in [0.4, 0.5) is 9.93 Å². The van der Waals surface area contributed by atoms with Crippen LogP contribution < -0.4 is 19.7 Å². The van der Waals surface area contributed by atoms with Gasteiger partial charge in [0.2, 0.25) is 0 Å². The van der Waals surface area contributed by atoms with Gasteiger partial charge in [-0.1, -0.05) is 0 Å². The SMILES string of the molecule is CCOc1ccc(OC(=O)Cc2csc(N3CCNC3=O)n2)cc1. The molecular weight excluding hydrogens is 330 g/mol. The number of anilines is 1. The van der Waals surface area contributed by atoms with Gasteiger partial charge >= 0.3 is 12.0 Å². The molecule has 0 radical (unpaired) electrons. The summed E-state index contributed by atoms with van der Waals surface area (Å²) < 4.78 is 10.6. The number of esters is 1. The van der Waals surface area contributed by atoms with E-state index in [0.717, 1.165) is 5.75 Å². The maximum absolute atomic E-state index is 12.0. The highest BCUT2D eigenvalue weighted by atomic mass is 32.1. The molecule has 0 saturated carbocycles. The minimum atomic E-state index is -0.401. The van der Waals surface area contributed by atoms with Gasteiger partial charge in [0.1, 0.15) is 11.5 Å². The van der Waals surface area contributed by atoms with Crippen LogP contribution >= 0.6 is 11.3 Å². The topological polar surface area (TPSA) is 80.8 Å². The van der Waals surface area contributed by atoms with Gasteiger partial charge in [0, 0.05) is 18.5 Å². The maximum Gasteiger partial charge on any atom is 0.323 e. The van der Waals surface area contributed by atoms with Crippen molar-refractivity contribution in [2.24, 2.45) is 0 Å². The van der Waals surface area contributed by atoms with E-state index in [4.69, 9.17) is 9.47 Å². The van der Waals surface area contributed by atoms with Crippen LogP contribution in [0.3, 0.4) is 0 Å². The summed E-state index contributed by atoms with van der Waals surface area (Å²) in [6, 6.07) is 6.71. The first kappa shape index (κ1) is 16.3. The first-order valence-electron chi connectivity index (χ1n) is 7.59. The zero-order valence-corrected chi connectivity index (χ0v) is 14.0. The van der Waals surface area contributed by atoms with Crippen LogP contribution in [-0.4, -0.2) is 36.7 Å². The van der Waals surface area contributed by atoms with Crippen molar-refractivity contribution in [2.45, 2.75) is 13.3 Å². The predicted molar refractivity (Wildman–Crippen MR) is 89.8 cm³/mol. The molecule has 0 bridgehead atoms. The molecule has 7 nitrogen and oxygen atoms in total. The molecule has 1 fully saturated rings. The van der Waals surface area contributed by atoms with Crippen molar-refractivity contribution in [1.29, 1.82) is 0 Å². The molecule has 1 saturated heterocycles. The molecule has 1 N–H and O–H groups in total. The smallest absolute Gasteiger partial charge is 0.323 e. The van der Waals surface area contributed by atoms with Gasteiger partial charge in [-0.3, -0.25) is 9.69 Å². The van der Waals surface area contributed by atoms with Crippen molar-refractivity contribution in [3.63, 3.8) is 0 Å². The second-order valence-electron chi connectivity index (χ2n) is 5.06. The fourth-order valence-electron chi connectivity index (χ4n) is 2.24. The molecule has 0 atom stereocenters. The van der Waals surface area contributed by atoms with Crippen LogP contribution in [0, 0.1) is 0 Å². The van der Waals surface area contributed by atoms with Crippen LogP contribution in [0.25, 0.3) is 0 Å². The largest absolute Gasteiger partial charge is 0.494 e. The Hall–Kier alpha value is -2.61. The number of amides is 2. The average Bonchev–Trinajstić information content (AvgIpc) is 3.18.